The third kappa shape index (κ3) is 2.00. The van der Waals surface area contributed by atoms with E-state index >= 15 is 0 Å². The monoisotopic (exact) mass is 250 g/mol. The summed E-state index contributed by atoms with van der Waals surface area (Å²) >= 11 is 0. The first-order chi connectivity index (χ1) is 8.50. The third-order valence-corrected chi connectivity index (χ3v) is 2.35. The number of nitrogen functional groups attached to an aromatic ring is 1. The van der Waals surface area contributed by atoms with E-state index in [2.05, 4.69) is 4.98 Å². The molecule has 0 aliphatic heterocycles. The molecule has 0 fully saturated rings. The summed E-state index contributed by atoms with van der Waals surface area (Å²) in [4.78, 5) is 14.5. The smallest absolute Gasteiger partial charge is 0.354 e. The number of carbonyl (C=O) groups is 1. The van der Waals surface area contributed by atoms with Crippen molar-refractivity contribution in [3.05, 3.63) is 47.7 Å². The molecular formula is C12H8F2N2O2. The molecule has 1 aromatic heterocycles. The number of nitrogens with zero attached hydrogens (tertiary/aromatic N) is 1. The van der Waals surface area contributed by atoms with Gasteiger partial charge in [-0.2, -0.15) is 0 Å². The van der Waals surface area contributed by atoms with Gasteiger partial charge in [0.15, 0.2) is 11.6 Å². The summed E-state index contributed by atoms with van der Waals surface area (Å²) in [6.45, 7) is 0. The van der Waals surface area contributed by atoms with Gasteiger partial charge >= 0.3 is 5.97 Å². The zero-order chi connectivity index (χ0) is 13.3. The number of benzene rings is 1. The Morgan fingerprint density at radius 2 is 1.94 bits per heavy atom. The van der Waals surface area contributed by atoms with Gasteiger partial charge in [-0.25, -0.2) is 18.6 Å². The van der Waals surface area contributed by atoms with Gasteiger partial charge in [-0.15, -0.1) is 0 Å². The summed E-state index contributed by atoms with van der Waals surface area (Å²) in [6, 6.07) is 6.01. The van der Waals surface area contributed by atoms with E-state index < -0.39 is 17.6 Å². The Bertz CT molecular complexity index is 629. The predicted octanol–water partition coefficient (Wildman–Crippen LogP) is 2.31. The largest absolute Gasteiger partial charge is 0.477 e. The lowest BCUT2D eigenvalue weighted by Gasteiger charge is -2.07. The topological polar surface area (TPSA) is 76.2 Å². The molecule has 0 radical (unpaired) electrons. The van der Waals surface area contributed by atoms with Crippen LogP contribution in [0.2, 0.25) is 0 Å². The fraction of sp³-hybridized carbons (Fsp3) is 0. The number of aromatic nitrogens is 1. The van der Waals surface area contributed by atoms with Crippen molar-refractivity contribution >= 4 is 11.7 Å². The molecule has 3 N–H and O–H groups in total. The van der Waals surface area contributed by atoms with Crippen molar-refractivity contribution in [2.45, 2.75) is 0 Å². The van der Waals surface area contributed by atoms with Gasteiger partial charge in [0.2, 0.25) is 0 Å². The van der Waals surface area contributed by atoms with Crippen LogP contribution >= 0.6 is 0 Å². The van der Waals surface area contributed by atoms with Crippen molar-refractivity contribution in [1.29, 1.82) is 0 Å². The Morgan fingerprint density at radius 1 is 1.22 bits per heavy atom. The number of pyridine rings is 1. The molecule has 0 saturated heterocycles. The molecule has 1 aromatic carbocycles. The average molecular weight is 250 g/mol. The van der Waals surface area contributed by atoms with Crippen molar-refractivity contribution < 1.29 is 18.7 Å². The van der Waals surface area contributed by atoms with Gasteiger partial charge in [0.25, 0.3) is 0 Å². The molecule has 2 rings (SSSR count). The van der Waals surface area contributed by atoms with Crippen molar-refractivity contribution in [3.8, 4) is 11.3 Å². The number of hydrogen-bond donors (Lipinski definition) is 2. The average Bonchev–Trinajstić information content (AvgIpc) is 2.33. The van der Waals surface area contributed by atoms with E-state index in [0.29, 0.717) is 0 Å². The second-order valence-electron chi connectivity index (χ2n) is 3.54. The third-order valence-electron chi connectivity index (χ3n) is 2.35. The quantitative estimate of drug-likeness (QED) is 0.857. The maximum atomic E-state index is 13.6. The van der Waals surface area contributed by atoms with Crippen LogP contribution in [0.5, 0.6) is 0 Å². The lowest BCUT2D eigenvalue weighted by atomic mass is 10.1. The molecule has 0 atom stereocenters. The Labute approximate surface area is 101 Å². The molecule has 4 nitrogen and oxygen atoms in total. The maximum absolute atomic E-state index is 13.6. The number of anilines is 1. The molecule has 0 spiro atoms. The number of nitrogens with two attached hydrogens (primary N) is 1. The van der Waals surface area contributed by atoms with Crippen molar-refractivity contribution in [2.75, 3.05) is 5.73 Å². The minimum atomic E-state index is -1.27. The summed E-state index contributed by atoms with van der Waals surface area (Å²) in [5.74, 6) is -3.43. The lowest BCUT2D eigenvalue weighted by Crippen LogP contribution is -2.04. The van der Waals surface area contributed by atoms with Crippen LogP contribution in [0.15, 0.2) is 30.3 Å². The summed E-state index contributed by atoms with van der Waals surface area (Å²) < 4.78 is 26.7. The molecular weight excluding hydrogens is 242 g/mol. The van der Waals surface area contributed by atoms with Crippen LogP contribution in [0, 0.1) is 11.6 Å². The Morgan fingerprint density at radius 3 is 2.61 bits per heavy atom. The van der Waals surface area contributed by atoms with Gasteiger partial charge in [0, 0.05) is 5.56 Å². The fourth-order valence-corrected chi connectivity index (χ4v) is 1.49. The van der Waals surface area contributed by atoms with Crippen LogP contribution in [0.25, 0.3) is 11.3 Å². The molecule has 0 aliphatic carbocycles. The van der Waals surface area contributed by atoms with Gasteiger partial charge in [-0.1, -0.05) is 6.07 Å². The standard InChI is InChI=1S/C12H8F2N2O2/c13-7-3-1-2-6(10(7)14)11-8(15)4-5-9(16-11)12(17)18/h1-5H,15H2,(H,17,18). The van der Waals surface area contributed by atoms with E-state index in [4.69, 9.17) is 10.8 Å². The van der Waals surface area contributed by atoms with E-state index in [1.807, 2.05) is 0 Å². The maximum Gasteiger partial charge on any atom is 0.354 e. The van der Waals surface area contributed by atoms with Gasteiger partial charge in [0.05, 0.1) is 11.4 Å². The summed E-state index contributed by atoms with van der Waals surface area (Å²) in [6.07, 6.45) is 0. The van der Waals surface area contributed by atoms with Gasteiger partial charge in [-0.3, -0.25) is 0 Å². The number of aromatic carboxylic acids is 1. The second-order valence-corrected chi connectivity index (χ2v) is 3.54. The number of rotatable bonds is 2. The lowest BCUT2D eigenvalue weighted by molar-refractivity contribution is 0.0690. The molecule has 0 amide bonds. The van der Waals surface area contributed by atoms with Crippen LogP contribution in [0.3, 0.4) is 0 Å². The van der Waals surface area contributed by atoms with Crippen LogP contribution in [0.1, 0.15) is 10.5 Å². The number of carboxylic acids is 1. The van der Waals surface area contributed by atoms with Gasteiger partial charge in [0.1, 0.15) is 5.69 Å². The van der Waals surface area contributed by atoms with Crippen LogP contribution in [-0.4, -0.2) is 16.1 Å². The number of carboxylic acid groups (broad SMARTS) is 1. The van der Waals surface area contributed by atoms with Gasteiger partial charge < -0.3 is 10.8 Å². The molecule has 18 heavy (non-hydrogen) atoms. The zero-order valence-corrected chi connectivity index (χ0v) is 9.02. The molecule has 6 heteroatoms. The Balaban J connectivity index is 2.66. The minimum absolute atomic E-state index is 0.0736. The highest BCUT2D eigenvalue weighted by molar-refractivity contribution is 5.87. The van der Waals surface area contributed by atoms with Crippen molar-refractivity contribution in [2.24, 2.45) is 0 Å². The van der Waals surface area contributed by atoms with Crippen LogP contribution in [0.4, 0.5) is 14.5 Å². The van der Waals surface area contributed by atoms with E-state index in [1.165, 1.54) is 24.3 Å². The molecule has 0 saturated carbocycles. The predicted molar refractivity (Wildman–Crippen MR) is 61.0 cm³/mol. The number of hydrogen-bond acceptors (Lipinski definition) is 3. The van der Waals surface area contributed by atoms with Crippen LogP contribution < -0.4 is 5.73 Å². The van der Waals surface area contributed by atoms with E-state index in [0.717, 1.165) is 6.07 Å². The van der Waals surface area contributed by atoms with E-state index in [-0.39, 0.29) is 22.6 Å². The Kier molecular flexibility index (Phi) is 2.93. The highest BCUT2D eigenvalue weighted by Crippen LogP contribution is 2.27. The second kappa shape index (κ2) is 4.40. The molecule has 0 bridgehead atoms. The first-order valence-electron chi connectivity index (χ1n) is 4.95. The number of halogens is 2. The minimum Gasteiger partial charge on any atom is -0.477 e. The molecule has 2 aromatic rings. The molecule has 0 aliphatic rings. The Hall–Kier alpha value is -2.50. The summed E-state index contributed by atoms with van der Waals surface area (Å²) in [7, 11) is 0. The molecule has 0 unspecified atom stereocenters. The highest BCUT2D eigenvalue weighted by atomic mass is 19.2. The van der Waals surface area contributed by atoms with Gasteiger partial charge in [-0.05, 0) is 24.3 Å². The van der Waals surface area contributed by atoms with E-state index in [9.17, 15) is 13.6 Å². The molecule has 92 valence electrons. The van der Waals surface area contributed by atoms with Crippen molar-refractivity contribution in [3.63, 3.8) is 0 Å². The summed E-state index contributed by atoms with van der Waals surface area (Å²) in [5.41, 5.74) is 5.12. The first kappa shape index (κ1) is 12.0. The summed E-state index contributed by atoms with van der Waals surface area (Å²) in [5, 5.41) is 8.80. The van der Waals surface area contributed by atoms with E-state index in [1.54, 1.807) is 0 Å². The normalized spacial score (nSPS) is 10.3. The molecule has 1 heterocycles. The SMILES string of the molecule is Nc1ccc(C(=O)O)nc1-c1cccc(F)c1F. The van der Waals surface area contributed by atoms with Crippen molar-refractivity contribution in [1.82, 2.24) is 4.98 Å². The highest BCUT2D eigenvalue weighted by Gasteiger charge is 2.15. The first-order valence-corrected chi connectivity index (χ1v) is 4.95. The van der Waals surface area contributed by atoms with Crippen LogP contribution in [-0.2, 0) is 0 Å². The fourth-order valence-electron chi connectivity index (χ4n) is 1.49. The zero-order valence-electron chi connectivity index (χ0n) is 9.02.